The largest absolute Gasteiger partial charge is 0.550 e. The number of nitrogens with one attached hydrogen (secondary N) is 1. The highest BCUT2D eigenvalue weighted by Gasteiger charge is 2.37. The molecule has 0 unspecified atom stereocenters. The Balaban J connectivity index is 1.47. The molecule has 0 aromatic heterocycles. The second kappa shape index (κ2) is 9.43. The SMILES string of the molecule is O=C([O-])[C@@H]1CCCC[C@@H]1C(=O)N1CC[NH+](C(c2ccccc2)c2ccccc2)CC1. The molecule has 5 nitrogen and oxygen atoms in total. The molecular weight excluding hydrogens is 376 g/mol. The monoisotopic (exact) mass is 406 g/mol. The summed E-state index contributed by atoms with van der Waals surface area (Å²) in [7, 11) is 0. The number of carbonyl (C=O) groups is 2. The number of aliphatic carboxylic acids is 1. The number of rotatable bonds is 5. The Morgan fingerprint density at radius 1 is 0.833 bits per heavy atom. The predicted octanol–water partition coefficient (Wildman–Crippen LogP) is 1.06. The van der Waals surface area contributed by atoms with Crippen LogP contribution in [0.3, 0.4) is 0 Å². The maximum Gasteiger partial charge on any atom is 0.226 e. The first-order valence-electron chi connectivity index (χ1n) is 11.1. The minimum Gasteiger partial charge on any atom is -0.550 e. The van der Waals surface area contributed by atoms with Crippen LogP contribution < -0.4 is 10.0 Å². The number of carbonyl (C=O) groups excluding carboxylic acids is 2. The molecule has 0 spiro atoms. The van der Waals surface area contributed by atoms with Crippen LogP contribution in [-0.2, 0) is 9.59 Å². The van der Waals surface area contributed by atoms with E-state index in [-0.39, 0.29) is 11.9 Å². The third kappa shape index (κ3) is 4.41. The van der Waals surface area contributed by atoms with Gasteiger partial charge in [-0.3, -0.25) is 4.79 Å². The lowest BCUT2D eigenvalue weighted by Gasteiger charge is -2.40. The predicted molar refractivity (Wildman–Crippen MR) is 112 cm³/mol. The highest BCUT2D eigenvalue weighted by atomic mass is 16.4. The van der Waals surface area contributed by atoms with Gasteiger partial charge in [-0.05, 0) is 12.8 Å². The second-order valence-electron chi connectivity index (χ2n) is 8.55. The van der Waals surface area contributed by atoms with Gasteiger partial charge in [-0.15, -0.1) is 0 Å². The number of hydrogen-bond donors (Lipinski definition) is 1. The van der Waals surface area contributed by atoms with E-state index >= 15 is 0 Å². The number of hydrogen-bond acceptors (Lipinski definition) is 3. The zero-order valence-electron chi connectivity index (χ0n) is 17.3. The van der Waals surface area contributed by atoms with Crippen LogP contribution in [0.4, 0.5) is 0 Å². The van der Waals surface area contributed by atoms with E-state index in [0.29, 0.717) is 25.9 Å². The topological polar surface area (TPSA) is 64.9 Å². The summed E-state index contributed by atoms with van der Waals surface area (Å²) in [5.74, 6) is -2.09. The van der Waals surface area contributed by atoms with Gasteiger partial charge in [0.25, 0.3) is 0 Å². The molecule has 1 saturated carbocycles. The maximum atomic E-state index is 13.1. The average Bonchev–Trinajstić information content (AvgIpc) is 2.81. The quantitative estimate of drug-likeness (QED) is 0.808. The van der Waals surface area contributed by atoms with Crippen molar-refractivity contribution in [3.8, 4) is 0 Å². The smallest absolute Gasteiger partial charge is 0.226 e. The minimum absolute atomic E-state index is 0.0129. The van der Waals surface area contributed by atoms with Crippen LogP contribution in [0.15, 0.2) is 60.7 Å². The number of carboxylic acid groups (broad SMARTS) is 1. The van der Waals surface area contributed by atoms with Crippen molar-refractivity contribution in [1.82, 2.24) is 4.90 Å². The Morgan fingerprint density at radius 2 is 1.33 bits per heavy atom. The van der Waals surface area contributed by atoms with Crippen LogP contribution in [0.5, 0.6) is 0 Å². The second-order valence-corrected chi connectivity index (χ2v) is 8.55. The van der Waals surface area contributed by atoms with Crippen molar-refractivity contribution >= 4 is 11.9 Å². The molecule has 30 heavy (non-hydrogen) atoms. The lowest BCUT2D eigenvalue weighted by molar-refractivity contribution is -0.929. The van der Waals surface area contributed by atoms with Crippen LogP contribution >= 0.6 is 0 Å². The molecule has 2 fully saturated rings. The number of carboxylic acids is 1. The number of piperazine rings is 1. The lowest BCUT2D eigenvalue weighted by atomic mass is 9.78. The van der Waals surface area contributed by atoms with Crippen molar-refractivity contribution in [3.05, 3.63) is 71.8 Å². The third-order valence-corrected chi connectivity index (χ3v) is 6.78. The van der Waals surface area contributed by atoms with Crippen molar-refractivity contribution in [1.29, 1.82) is 0 Å². The molecule has 1 aliphatic carbocycles. The number of quaternary nitrogens is 1. The van der Waals surface area contributed by atoms with Gasteiger partial charge >= 0.3 is 0 Å². The van der Waals surface area contributed by atoms with Crippen molar-refractivity contribution in [3.63, 3.8) is 0 Å². The van der Waals surface area contributed by atoms with Gasteiger partial charge in [0.1, 0.15) is 6.04 Å². The fourth-order valence-corrected chi connectivity index (χ4v) is 5.20. The molecule has 2 aliphatic rings. The highest BCUT2D eigenvalue weighted by molar-refractivity contribution is 5.84. The normalized spacial score (nSPS) is 22.8. The standard InChI is InChI=1S/C25H30N2O3/c28-24(21-13-7-8-14-22(21)25(29)30)27-17-15-26(16-18-27)23(19-9-3-1-4-10-19)20-11-5-2-6-12-20/h1-6,9-12,21-23H,7-8,13-18H2,(H,29,30)/t21-,22+/m0/s1. The number of amides is 1. The van der Waals surface area contributed by atoms with Crippen LogP contribution in [0.1, 0.15) is 42.9 Å². The molecule has 5 heteroatoms. The molecule has 2 atom stereocenters. The molecule has 0 bridgehead atoms. The highest BCUT2D eigenvalue weighted by Crippen LogP contribution is 2.31. The van der Waals surface area contributed by atoms with Crippen LogP contribution in [-0.4, -0.2) is 43.0 Å². The molecule has 1 aliphatic heterocycles. The molecule has 0 radical (unpaired) electrons. The Morgan fingerprint density at radius 3 is 1.83 bits per heavy atom. The first kappa shape index (κ1) is 20.6. The van der Waals surface area contributed by atoms with E-state index in [9.17, 15) is 14.7 Å². The minimum atomic E-state index is -1.06. The summed E-state index contributed by atoms with van der Waals surface area (Å²) in [4.78, 5) is 28.0. The van der Waals surface area contributed by atoms with Gasteiger partial charge in [-0.1, -0.05) is 73.5 Å². The Kier molecular flexibility index (Phi) is 6.48. The fourth-order valence-electron chi connectivity index (χ4n) is 5.20. The maximum absolute atomic E-state index is 13.1. The van der Waals surface area contributed by atoms with E-state index < -0.39 is 17.8 Å². The summed E-state index contributed by atoms with van der Waals surface area (Å²) >= 11 is 0. The van der Waals surface area contributed by atoms with Gasteiger partial charge in [0.15, 0.2) is 0 Å². The van der Waals surface area contributed by atoms with Crippen molar-refractivity contribution < 1.29 is 19.6 Å². The van der Waals surface area contributed by atoms with Crippen LogP contribution in [0.2, 0.25) is 0 Å². The zero-order valence-corrected chi connectivity index (χ0v) is 17.3. The van der Waals surface area contributed by atoms with E-state index in [0.717, 1.165) is 25.9 Å². The summed E-state index contributed by atoms with van der Waals surface area (Å²) < 4.78 is 0. The summed E-state index contributed by atoms with van der Waals surface area (Å²) in [5, 5.41) is 11.5. The zero-order chi connectivity index (χ0) is 20.9. The summed E-state index contributed by atoms with van der Waals surface area (Å²) in [5.41, 5.74) is 2.56. The van der Waals surface area contributed by atoms with E-state index in [1.807, 2.05) is 17.0 Å². The molecule has 1 N–H and O–H groups in total. The molecule has 2 aromatic rings. The summed E-state index contributed by atoms with van der Waals surface area (Å²) in [6.45, 7) is 3.03. The summed E-state index contributed by atoms with van der Waals surface area (Å²) in [6.07, 6.45) is 3.03. The number of benzene rings is 2. The van der Waals surface area contributed by atoms with Gasteiger partial charge in [0.2, 0.25) is 5.91 Å². The van der Waals surface area contributed by atoms with E-state index in [1.165, 1.54) is 16.0 Å². The lowest BCUT2D eigenvalue weighted by Crippen LogP contribution is -3.15. The summed E-state index contributed by atoms with van der Waals surface area (Å²) in [6, 6.07) is 21.3. The Labute approximate surface area is 178 Å². The van der Waals surface area contributed by atoms with Gasteiger partial charge < -0.3 is 19.7 Å². The molecule has 4 rings (SSSR count). The first-order chi connectivity index (χ1) is 14.6. The van der Waals surface area contributed by atoms with Gasteiger partial charge in [-0.2, -0.15) is 0 Å². The van der Waals surface area contributed by atoms with Crippen LogP contribution in [0.25, 0.3) is 0 Å². The molecule has 1 heterocycles. The van der Waals surface area contributed by atoms with Gasteiger partial charge in [0.05, 0.1) is 26.2 Å². The molecule has 2 aromatic carbocycles. The first-order valence-corrected chi connectivity index (χ1v) is 11.1. The van der Waals surface area contributed by atoms with Gasteiger partial charge in [0, 0.05) is 28.9 Å². The van der Waals surface area contributed by atoms with Crippen molar-refractivity contribution in [2.75, 3.05) is 26.2 Å². The van der Waals surface area contributed by atoms with Crippen LogP contribution in [0, 0.1) is 11.8 Å². The fraction of sp³-hybridized carbons (Fsp3) is 0.440. The molecular formula is C25H30N2O3. The average molecular weight is 407 g/mol. The molecule has 1 amide bonds. The molecule has 158 valence electrons. The van der Waals surface area contributed by atoms with E-state index in [1.54, 1.807) is 0 Å². The molecule has 1 saturated heterocycles. The van der Waals surface area contributed by atoms with Crippen molar-refractivity contribution in [2.24, 2.45) is 11.8 Å². The van der Waals surface area contributed by atoms with Gasteiger partial charge in [-0.25, -0.2) is 0 Å². The third-order valence-electron chi connectivity index (χ3n) is 6.78. The number of nitrogens with zero attached hydrogens (tertiary/aromatic N) is 1. The van der Waals surface area contributed by atoms with E-state index in [4.69, 9.17) is 0 Å². The van der Waals surface area contributed by atoms with Crippen molar-refractivity contribution in [2.45, 2.75) is 31.7 Å². The Hall–Kier alpha value is -2.66. The Bertz CT molecular complexity index is 808. The van der Waals surface area contributed by atoms with E-state index in [2.05, 4.69) is 48.5 Å².